The number of nitrogens with zero attached hydrogens (tertiary/aromatic N) is 1. The summed E-state index contributed by atoms with van der Waals surface area (Å²) in [5, 5.41) is 0. The van der Waals surface area contributed by atoms with Gasteiger partial charge in [0.15, 0.2) is 0 Å². The predicted octanol–water partition coefficient (Wildman–Crippen LogP) is -2.53. The number of halogens is 2. The van der Waals surface area contributed by atoms with Crippen molar-refractivity contribution in [3.05, 3.63) is 58.7 Å². The number of para-hydroxylation sites is 2. The molecule has 2 amide bonds. The van der Waals surface area contributed by atoms with E-state index in [0.717, 1.165) is 33.6 Å². The Morgan fingerprint density at radius 3 is 1.38 bits per heavy atom. The van der Waals surface area contributed by atoms with Crippen LogP contribution in [0.1, 0.15) is 28.7 Å². The van der Waals surface area contributed by atoms with E-state index in [2.05, 4.69) is 0 Å². The van der Waals surface area contributed by atoms with Crippen molar-refractivity contribution in [3.8, 4) is 0 Å². The quantitative estimate of drug-likeness (QED) is 0.431. The summed E-state index contributed by atoms with van der Waals surface area (Å²) in [6.45, 7) is 7.84. The van der Waals surface area contributed by atoms with Gasteiger partial charge in [-0.05, 0) is 49.9 Å². The number of nitrogens with two attached hydrogens (primary N) is 1. The van der Waals surface area contributed by atoms with E-state index in [1.165, 1.54) is 0 Å². The number of amides is 2. The Labute approximate surface area is 182 Å². The molecular weight excluding hydrogens is 407 g/mol. The van der Waals surface area contributed by atoms with Crippen molar-refractivity contribution in [2.75, 3.05) is 4.90 Å². The number of aryl methyl sites for hydroxylation is 4. The van der Waals surface area contributed by atoms with E-state index in [4.69, 9.17) is 5.73 Å². The molecule has 2 aromatic rings. The summed E-state index contributed by atoms with van der Waals surface area (Å²) in [5.41, 5.74) is 10.8. The minimum absolute atomic E-state index is 0. The zero-order valence-electron chi connectivity index (χ0n) is 15.3. The van der Waals surface area contributed by atoms with Gasteiger partial charge in [0.05, 0.1) is 11.4 Å². The number of rotatable bonds is 4. The van der Waals surface area contributed by atoms with Crippen LogP contribution in [0.5, 0.6) is 0 Å². The monoisotopic (exact) mass is 428 g/mol. The first kappa shape index (κ1) is 26.9. The fourth-order valence-corrected chi connectivity index (χ4v) is 2.91. The predicted molar refractivity (Wildman–Crippen MR) is 92.8 cm³/mol. The van der Waals surface area contributed by atoms with Crippen LogP contribution in [0.25, 0.3) is 0 Å². The number of primary amides is 1. The second kappa shape index (κ2) is 11.4. The average molecular weight is 429 g/mol. The molecule has 0 saturated carbocycles. The van der Waals surface area contributed by atoms with Gasteiger partial charge in [-0.1, -0.05) is 36.4 Å². The largest absolute Gasteiger partial charge is 2.00 e. The Balaban J connectivity index is 0. The second-order valence-electron chi connectivity index (χ2n) is 5.85. The first-order chi connectivity index (χ1) is 10.8. The van der Waals surface area contributed by atoms with Crippen molar-refractivity contribution < 1.29 is 56.1 Å². The zero-order chi connectivity index (χ0) is 17.1. The van der Waals surface area contributed by atoms with E-state index in [-0.39, 0.29) is 58.9 Å². The van der Waals surface area contributed by atoms with E-state index in [1.807, 2.05) is 64.1 Å². The maximum Gasteiger partial charge on any atom is 2.00 e. The van der Waals surface area contributed by atoms with E-state index >= 15 is 0 Å². The molecule has 2 rings (SSSR count). The summed E-state index contributed by atoms with van der Waals surface area (Å²) in [4.78, 5) is 25.7. The van der Waals surface area contributed by atoms with E-state index in [9.17, 15) is 9.59 Å². The first-order valence-corrected chi connectivity index (χ1v) is 7.56. The van der Waals surface area contributed by atoms with Crippen LogP contribution in [0.2, 0.25) is 0 Å². The van der Waals surface area contributed by atoms with E-state index in [0.29, 0.717) is 0 Å². The Hall–Kier alpha value is -1.33. The van der Waals surface area contributed by atoms with Gasteiger partial charge >= 0.3 is 21.7 Å². The number of carbonyl (C=O) groups excluding carboxylic acids is 2. The van der Waals surface area contributed by atoms with Crippen LogP contribution in [0.15, 0.2) is 36.4 Å². The molecule has 0 bridgehead atoms. The zero-order valence-corrected chi connectivity index (χ0v) is 18.3. The van der Waals surface area contributed by atoms with Crippen molar-refractivity contribution in [1.29, 1.82) is 0 Å². The minimum Gasteiger partial charge on any atom is -1.00 e. The van der Waals surface area contributed by atoms with Gasteiger partial charge in [0.1, 0.15) is 6.42 Å². The number of carbonyl (C=O) groups is 2. The van der Waals surface area contributed by atoms with Gasteiger partial charge in [-0.15, -0.1) is 0 Å². The summed E-state index contributed by atoms with van der Waals surface area (Å²) < 4.78 is 0. The topological polar surface area (TPSA) is 63.4 Å². The molecule has 0 aliphatic carbocycles. The molecule has 0 radical (unpaired) electrons. The summed E-state index contributed by atoms with van der Waals surface area (Å²) in [6.07, 6.45) is -0.318. The van der Waals surface area contributed by atoms with Gasteiger partial charge < -0.3 is 30.5 Å². The third-order valence-electron chi connectivity index (χ3n) is 3.90. The van der Waals surface area contributed by atoms with Crippen molar-refractivity contribution in [3.63, 3.8) is 0 Å². The van der Waals surface area contributed by atoms with Crippen LogP contribution in [0, 0.1) is 27.7 Å². The Kier molecular flexibility index (Phi) is 11.8. The second-order valence-corrected chi connectivity index (χ2v) is 5.85. The molecule has 0 aliphatic heterocycles. The fourth-order valence-electron chi connectivity index (χ4n) is 2.91. The van der Waals surface area contributed by atoms with Crippen LogP contribution >= 0.6 is 0 Å². The van der Waals surface area contributed by atoms with Gasteiger partial charge in [-0.25, -0.2) is 0 Å². The normalized spacial score (nSPS) is 9.23. The average Bonchev–Trinajstić information content (AvgIpc) is 2.44. The smallest absolute Gasteiger partial charge is 1.00 e. The standard InChI is InChI=1S/C19H22N2O2.2ClH.Ti/c1-12-7-5-8-13(2)18(12)21(17(23)11-16(20)22)19-14(3)9-6-10-15(19)4;;;/h5-10H,11H2,1-4H3,(H2,20,22);2*1H;/q;;;+2/p-2. The Morgan fingerprint density at radius 1 is 0.808 bits per heavy atom. The van der Waals surface area contributed by atoms with E-state index in [1.54, 1.807) is 4.90 Å². The molecule has 2 aromatic carbocycles. The molecule has 0 aromatic heterocycles. The van der Waals surface area contributed by atoms with Crippen LogP contribution < -0.4 is 35.4 Å². The van der Waals surface area contributed by atoms with Crippen LogP contribution in [-0.4, -0.2) is 11.8 Å². The molecule has 2 N–H and O–H groups in total. The Morgan fingerprint density at radius 2 is 1.12 bits per heavy atom. The molecule has 0 unspecified atom stereocenters. The third kappa shape index (κ3) is 5.85. The summed E-state index contributed by atoms with van der Waals surface area (Å²) in [5.74, 6) is -0.940. The number of anilines is 2. The van der Waals surface area contributed by atoms with Crippen LogP contribution in [0.3, 0.4) is 0 Å². The summed E-state index contributed by atoms with van der Waals surface area (Å²) >= 11 is 0. The molecule has 26 heavy (non-hydrogen) atoms. The van der Waals surface area contributed by atoms with Gasteiger partial charge in [-0.3, -0.25) is 14.5 Å². The molecule has 4 nitrogen and oxygen atoms in total. The van der Waals surface area contributed by atoms with Crippen LogP contribution in [0.4, 0.5) is 11.4 Å². The molecule has 0 heterocycles. The minimum atomic E-state index is -0.627. The van der Waals surface area contributed by atoms with Gasteiger partial charge in [-0.2, -0.15) is 0 Å². The molecular formula is C19H22Cl2N2O2Ti. The summed E-state index contributed by atoms with van der Waals surface area (Å²) in [6, 6.07) is 11.7. The van der Waals surface area contributed by atoms with Gasteiger partial charge in [0.2, 0.25) is 11.8 Å². The third-order valence-corrected chi connectivity index (χ3v) is 3.90. The summed E-state index contributed by atoms with van der Waals surface area (Å²) in [7, 11) is 0. The molecule has 0 fully saturated rings. The van der Waals surface area contributed by atoms with Gasteiger partial charge in [0, 0.05) is 0 Å². The molecule has 138 valence electrons. The molecule has 0 saturated heterocycles. The van der Waals surface area contributed by atoms with Crippen molar-refractivity contribution in [2.24, 2.45) is 5.73 Å². The fraction of sp³-hybridized carbons (Fsp3) is 0.263. The van der Waals surface area contributed by atoms with Crippen molar-refractivity contribution in [2.45, 2.75) is 34.1 Å². The maximum atomic E-state index is 12.8. The molecule has 0 atom stereocenters. The maximum absolute atomic E-state index is 12.8. The van der Waals surface area contributed by atoms with E-state index < -0.39 is 5.91 Å². The van der Waals surface area contributed by atoms with Gasteiger partial charge in [0.25, 0.3) is 0 Å². The molecule has 0 aliphatic rings. The van der Waals surface area contributed by atoms with Crippen LogP contribution in [-0.2, 0) is 31.3 Å². The van der Waals surface area contributed by atoms with Crippen molar-refractivity contribution in [1.82, 2.24) is 0 Å². The van der Waals surface area contributed by atoms with Crippen molar-refractivity contribution >= 4 is 23.2 Å². The SMILES string of the molecule is Cc1cccc(C)c1N(C(=O)CC(N)=O)c1c(C)cccc1C.[Cl-].[Cl-].[Ti+2]. The number of hydrogen-bond donors (Lipinski definition) is 1. The molecule has 0 spiro atoms. The Bertz CT molecular complexity index is 690. The number of benzene rings is 2. The molecule has 7 heteroatoms. The number of hydrogen-bond acceptors (Lipinski definition) is 2. The first-order valence-electron chi connectivity index (χ1n) is 7.56.